The van der Waals surface area contributed by atoms with Gasteiger partial charge in [-0.2, -0.15) is 0 Å². The van der Waals surface area contributed by atoms with Crippen molar-refractivity contribution < 1.29 is 23.8 Å². The smallest absolute Gasteiger partial charge is 0.407 e. The molecular weight excluding hydrogens is 380 g/mol. The summed E-state index contributed by atoms with van der Waals surface area (Å²) in [6, 6.07) is 3.28. The summed E-state index contributed by atoms with van der Waals surface area (Å²) in [5, 5.41) is 5.24. The number of carbonyl (C=O) groups is 2. The molecule has 0 aromatic heterocycles. The second-order valence-corrected chi connectivity index (χ2v) is 5.60. The van der Waals surface area contributed by atoms with Crippen molar-refractivity contribution >= 4 is 27.9 Å². The molecule has 1 rings (SSSR count). The number of amides is 2. The molecule has 7 nitrogen and oxygen atoms in total. The highest BCUT2D eigenvalue weighted by Gasteiger charge is 2.15. The third-order valence-corrected chi connectivity index (χ3v) is 3.49. The van der Waals surface area contributed by atoms with Gasteiger partial charge in [0.2, 0.25) is 0 Å². The van der Waals surface area contributed by atoms with Crippen LogP contribution in [0.5, 0.6) is 11.5 Å². The quantitative estimate of drug-likeness (QED) is 0.620. The van der Waals surface area contributed by atoms with E-state index in [2.05, 4.69) is 26.6 Å². The monoisotopic (exact) mass is 402 g/mol. The van der Waals surface area contributed by atoms with Gasteiger partial charge in [-0.15, -0.1) is 0 Å². The molecule has 0 unspecified atom stereocenters. The molecule has 0 fully saturated rings. The van der Waals surface area contributed by atoms with Gasteiger partial charge in [-0.3, -0.25) is 4.79 Å². The lowest BCUT2D eigenvalue weighted by Crippen LogP contribution is -2.35. The van der Waals surface area contributed by atoms with Crippen LogP contribution in [0.3, 0.4) is 0 Å². The van der Waals surface area contributed by atoms with E-state index in [4.69, 9.17) is 14.2 Å². The van der Waals surface area contributed by atoms with Gasteiger partial charge in [0.15, 0.2) is 11.5 Å². The molecule has 0 bridgehead atoms. The van der Waals surface area contributed by atoms with Gasteiger partial charge in [-0.05, 0) is 41.4 Å². The van der Waals surface area contributed by atoms with E-state index in [1.807, 2.05) is 6.92 Å². The largest absolute Gasteiger partial charge is 0.493 e. The first-order chi connectivity index (χ1) is 11.5. The van der Waals surface area contributed by atoms with Gasteiger partial charge in [0.1, 0.15) is 0 Å². The molecule has 1 aromatic carbocycles. The van der Waals surface area contributed by atoms with E-state index in [-0.39, 0.29) is 19.0 Å². The van der Waals surface area contributed by atoms with Crippen LogP contribution in [0.2, 0.25) is 0 Å². The Hall–Kier alpha value is -1.96. The minimum Gasteiger partial charge on any atom is -0.493 e. The highest BCUT2D eigenvalue weighted by Crippen LogP contribution is 2.36. The number of alkyl carbamates (subject to hydrolysis) is 1. The van der Waals surface area contributed by atoms with Crippen LogP contribution in [0.25, 0.3) is 0 Å². The van der Waals surface area contributed by atoms with Crippen LogP contribution in [0.15, 0.2) is 16.6 Å². The molecule has 0 heterocycles. The molecule has 0 atom stereocenters. The van der Waals surface area contributed by atoms with Crippen molar-refractivity contribution in [2.75, 3.05) is 33.4 Å². The minimum absolute atomic E-state index is 0.276. The number of methoxy groups -OCH3 is 1. The first kappa shape index (κ1) is 20.1. The third kappa shape index (κ3) is 6.27. The summed E-state index contributed by atoms with van der Waals surface area (Å²) in [5.74, 6) is 0.772. The van der Waals surface area contributed by atoms with Crippen LogP contribution >= 0.6 is 15.9 Å². The van der Waals surface area contributed by atoms with Crippen LogP contribution in [0.4, 0.5) is 4.79 Å². The first-order valence-corrected chi connectivity index (χ1v) is 8.51. The average molecular weight is 403 g/mol. The second kappa shape index (κ2) is 10.7. The maximum Gasteiger partial charge on any atom is 0.407 e. The maximum absolute atomic E-state index is 12.2. The summed E-state index contributed by atoms with van der Waals surface area (Å²) in [4.78, 5) is 23.3. The Kier molecular flexibility index (Phi) is 8.99. The second-order valence-electron chi connectivity index (χ2n) is 4.74. The maximum atomic E-state index is 12.2. The van der Waals surface area contributed by atoms with E-state index in [0.717, 1.165) is 6.42 Å². The van der Waals surface area contributed by atoms with E-state index in [0.29, 0.717) is 34.7 Å². The summed E-state index contributed by atoms with van der Waals surface area (Å²) >= 11 is 3.40. The lowest BCUT2D eigenvalue weighted by molar-refractivity contribution is 0.0951. The minimum atomic E-state index is -0.506. The SMILES string of the molecule is CCCOc1c(Br)cc(C(=O)NCCNC(=O)OCC)cc1OC. The van der Waals surface area contributed by atoms with E-state index in [9.17, 15) is 9.59 Å². The predicted octanol–water partition coefficient (Wildman–Crippen LogP) is 2.72. The van der Waals surface area contributed by atoms with E-state index in [1.165, 1.54) is 7.11 Å². The van der Waals surface area contributed by atoms with Crippen molar-refractivity contribution in [1.29, 1.82) is 0 Å². The lowest BCUT2D eigenvalue weighted by Gasteiger charge is -2.14. The number of hydrogen-bond acceptors (Lipinski definition) is 5. The Balaban J connectivity index is 2.64. The Labute approximate surface area is 150 Å². The molecule has 134 valence electrons. The summed E-state index contributed by atoms with van der Waals surface area (Å²) in [5.41, 5.74) is 0.429. The Morgan fingerprint density at radius 1 is 1.17 bits per heavy atom. The normalized spacial score (nSPS) is 10.0. The molecule has 8 heteroatoms. The molecule has 0 saturated carbocycles. The fourth-order valence-corrected chi connectivity index (χ4v) is 2.38. The van der Waals surface area contributed by atoms with Crippen LogP contribution in [0, 0.1) is 0 Å². The highest BCUT2D eigenvalue weighted by molar-refractivity contribution is 9.10. The predicted molar refractivity (Wildman–Crippen MR) is 93.8 cm³/mol. The van der Waals surface area contributed by atoms with Crippen molar-refractivity contribution in [3.63, 3.8) is 0 Å². The van der Waals surface area contributed by atoms with E-state index in [1.54, 1.807) is 19.1 Å². The van der Waals surface area contributed by atoms with Crippen LogP contribution in [-0.4, -0.2) is 45.4 Å². The van der Waals surface area contributed by atoms with Gasteiger partial charge in [-0.25, -0.2) is 4.79 Å². The molecule has 2 amide bonds. The Morgan fingerprint density at radius 2 is 1.88 bits per heavy atom. The van der Waals surface area contributed by atoms with Crippen molar-refractivity contribution in [3.8, 4) is 11.5 Å². The fraction of sp³-hybridized carbons (Fsp3) is 0.500. The molecule has 0 saturated heterocycles. The van der Waals surface area contributed by atoms with Gasteiger partial charge < -0.3 is 24.8 Å². The summed E-state index contributed by atoms with van der Waals surface area (Å²) in [6.45, 7) is 5.15. The van der Waals surface area contributed by atoms with Crippen molar-refractivity contribution in [1.82, 2.24) is 10.6 Å². The van der Waals surface area contributed by atoms with Crippen molar-refractivity contribution in [3.05, 3.63) is 22.2 Å². The molecular formula is C16H23BrN2O5. The number of ether oxygens (including phenoxy) is 3. The zero-order valence-electron chi connectivity index (χ0n) is 14.1. The first-order valence-electron chi connectivity index (χ1n) is 7.72. The van der Waals surface area contributed by atoms with Crippen LogP contribution in [-0.2, 0) is 4.74 Å². The van der Waals surface area contributed by atoms with Gasteiger partial charge in [-0.1, -0.05) is 6.92 Å². The van der Waals surface area contributed by atoms with Crippen molar-refractivity contribution in [2.24, 2.45) is 0 Å². The zero-order chi connectivity index (χ0) is 17.9. The molecule has 0 aliphatic carbocycles. The van der Waals surface area contributed by atoms with Crippen LogP contribution in [0.1, 0.15) is 30.6 Å². The fourth-order valence-electron chi connectivity index (χ4n) is 1.82. The van der Waals surface area contributed by atoms with Crippen molar-refractivity contribution in [2.45, 2.75) is 20.3 Å². The molecule has 0 radical (unpaired) electrons. The van der Waals surface area contributed by atoms with Gasteiger partial charge in [0.05, 0.1) is 24.8 Å². The summed E-state index contributed by atoms with van der Waals surface area (Å²) in [7, 11) is 1.52. The van der Waals surface area contributed by atoms with E-state index < -0.39 is 6.09 Å². The average Bonchev–Trinajstić information content (AvgIpc) is 2.57. The zero-order valence-corrected chi connectivity index (χ0v) is 15.7. The topological polar surface area (TPSA) is 85.9 Å². The summed E-state index contributed by atoms with van der Waals surface area (Å²) in [6.07, 6.45) is 0.360. The standard InChI is InChI=1S/C16H23BrN2O5/c1-4-8-24-14-12(17)9-11(10-13(14)22-3)15(20)18-6-7-19-16(21)23-5-2/h9-10H,4-8H2,1-3H3,(H,18,20)(H,19,21). The summed E-state index contributed by atoms with van der Waals surface area (Å²) < 4.78 is 16.3. The molecule has 0 aliphatic heterocycles. The van der Waals surface area contributed by atoms with Gasteiger partial charge in [0, 0.05) is 18.7 Å². The lowest BCUT2D eigenvalue weighted by atomic mass is 10.2. The molecule has 2 N–H and O–H groups in total. The Bertz CT molecular complexity index is 566. The van der Waals surface area contributed by atoms with Crippen LogP contribution < -0.4 is 20.1 Å². The third-order valence-electron chi connectivity index (χ3n) is 2.90. The number of benzene rings is 1. The number of nitrogens with one attached hydrogen (secondary N) is 2. The number of hydrogen-bond donors (Lipinski definition) is 2. The van der Waals surface area contributed by atoms with Gasteiger partial charge in [0.25, 0.3) is 5.91 Å². The van der Waals surface area contributed by atoms with Gasteiger partial charge >= 0.3 is 6.09 Å². The number of halogens is 1. The molecule has 24 heavy (non-hydrogen) atoms. The highest BCUT2D eigenvalue weighted by atomic mass is 79.9. The molecule has 0 aliphatic rings. The molecule has 0 spiro atoms. The molecule has 1 aromatic rings. The number of carbonyl (C=O) groups excluding carboxylic acids is 2. The Morgan fingerprint density at radius 3 is 2.50 bits per heavy atom. The van der Waals surface area contributed by atoms with E-state index >= 15 is 0 Å². The number of rotatable bonds is 9.